The van der Waals surface area contributed by atoms with E-state index in [9.17, 15) is 9.59 Å². The van der Waals surface area contributed by atoms with Crippen molar-refractivity contribution in [3.05, 3.63) is 70.1 Å². The van der Waals surface area contributed by atoms with Crippen LogP contribution in [0.25, 0.3) is 10.8 Å². The summed E-state index contributed by atoms with van der Waals surface area (Å²) >= 11 is 0. The van der Waals surface area contributed by atoms with E-state index in [1.54, 1.807) is 24.3 Å². The monoisotopic (exact) mass is 337 g/mol. The molecule has 2 aromatic carbocycles. The fraction of sp³-hybridized carbons (Fsp3) is 0.211. The standard InChI is InChI=1S/C19H19N3O3/c1-13-6-4-7-14(12-13)25-11-5-10-20-19(24)17-15-8-2-3-9-16(15)18(23)22-21-17/h2-4,6-9,12H,5,10-11H2,1H3,(H,20,24)(H,22,23). The summed E-state index contributed by atoms with van der Waals surface area (Å²) in [6, 6.07) is 14.7. The molecule has 2 N–H and O–H groups in total. The van der Waals surface area contributed by atoms with Gasteiger partial charge in [-0.1, -0.05) is 30.3 Å². The molecule has 0 aliphatic carbocycles. The highest BCUT2D eigenvalue weighted by Gasteiger charge is 2.13. The third-order valence-electron chi connectivity index (χ3n) is 3.78. The Balaban J connectivity index is 1.55. The average Bonchev–Trinajstić information content (AvgIpc) is 2.62. The van der Waals surface area contributed by atoms with Gasteiger partial charge in [0.25, 0.3) is 11.5 Å². The maximum Gasteiger partial charge on any atom is 0.272 e. The molecule has 0 saturated carbocycles. The largest absolute Gasteiger partial charge is 0.494 e. The van der Waals surface area contributed by atoms with Gasteiger partial charge in [0.05, 0.1) is 12.0 Å². The van der Waals surface area contributed by atoms with E-state index in [4.69, 9.17) is 4.74 Å². The molecule has 0 unspecified atom stereocenters. The van der Waals surface area contributed by atoms with Gasteiger partial charge in [-0.3, -0.25) is 9.59 Å². The summed E-state index contributed by atoms with van der Waals surface area (Å²) in [6.45, 7) is 2.97. The molecule has 25 heavy (non-hydrogen) atoms. The first-order valence-corrected chi connectivity index (χ1v) is 8.10. The van der Waals surface area contributed by atoms with Crippen molar-refractivity contribution in [1.82, 2.24) is 15.5 Å². The first-order chi connectivity index (χ1) is 12.1. The van der Waals surface area contributed by atoms with Crippen LogP contribution in [0.15, 0.2) is 53.3 Å². The number of fused-ring (bicyclic) bond motifs is 1. The van der Waals surface area contributed by atoms with Gasteiger partial charge < -0.3 is 10.1 Å². The number of benzene rings is 2. The van der Waals surface area contributed by atoms with Crippen LogP contribution in [-0.4, -0.2) is 29.3 Å². The Morgan fingerprint density at radius 2 is 1.96 bits per heavy atom. The van der Waals surface area contributed by atoms with Crippen LogP contribution >= 0.6 is 0 Å². The number of hydrogen-bond acceptors (Lipinski definition) is 4. The number of amides is 1. The Kier molecular flexibility index (Phi) is 5.09. The smallest absolute Gasteiger partial charge is 0.272 e. The number of aryl methyl sites for hydroxylation is 1. The summed E-state index contributed by atoms with van der Waals surface area (Å²) in [5, 5.41) is 10.0. The molecule has 0 aliphatic heterocycles. The summed E-state index contributed by atoms with van der Waals surface area (Å²) in [6.07, 6.45) is 0.668. The number of ether oxygens (including phenoxy) is 1. The highest BCUT2D eigenvalue weighted by molar-refractivity contribution is 6.04. The second kappa shape index (κ2) is 7.61. The Labute approximate surface area is 144 Å². The summed E-state index contributed by atoms with van der Waals surface area (Å²) < 4.78 is 5.65. The molecule has 6 heteroatoms. The molecule has 0 bridgehead atoms. The van der Waals surface area contributed by atoms with Gasteiger partial charge >= 0.3 is 0 Å². The lowest BCUT2D eigenvalue weighted by Crippen LogP contribution is -2.28. The molecule has 0 spiro atoms. The fourth-order valence-corrected chi connectivity index (χ4v) is 2.54. The van der Waals surface area contributed by atoms with Gasteiger partial charge in [0.1, 0.15) is 5.75 Å². The van der Waals surface area contributed by atoms with Crippen LogP contribution in [0.3, 0.4) is 0 Å². The zero-order valence-corrected chi connectivity index (χ0v) is 13.9. The highest BCUT2D eigenvalue weighted by atomic mass is 16.5. The quantitative estimate of drug-likeness (QED) is 0.677. The minimum atomic E-state index is -0.317. The molecule has 0 saturated heterocycles. The van der Waals surface area contributed by atoms with E-state index in [0.717, 1.165) is 11.3 Å². The summed E-state index contributed by atoms with van der Waals surface area (Å²) in [5.41, 5.74) is 1.05. The van der Waals surface area contributed by atoms with E-state index in [-0.39, 0.29) is 17.2 Å². The summed E-state index contributed by atoms with van der Waals surface area (Å²) in [7, 11) is 0. The fourth-order valence-electron chi connectivity index (χ4n) is 2.54. The number of carbonyl (C=O) groups is 1. The van der Waals surface area contributed by atoms with E-state index in [0.29, 0.717) is 30.3 Å². The molecule has 1 heterocycles. The molecule has 0 atom stereocenters. The minimum Gasteiger partial charge on any atom is -0.494 e. The molecule has 128 valence electrons. The average molecular weight is 337 g/mol. The molecule has 3 rings (SSSR count). The molecular formula is C19H19N3O3. The van der Waals surface area contributed by atoms with E-state index in [2.05, 4.69) is 15.5 Å². The predicted molar refractivity (Wildman–Crippen MR) is 96.0 cm³/mol. The van der Waals surface area contributed by atoms with E-state index >= 15 is 0 Å². The second-order valence-corrected chi connectivity index (χ2v) is 5.72. The van der Waals surface area contributed by atoms with Gasteiger partial charge in [-0.15, -0.1) is 0 Å². The molecule has 3 aromatic rings. The van der Waals surface area contributed by atoms with Crippen molar-refractivity contribution in [1.29, 1.82) is 0 Å². The second-order valence-electron chi connectivity index (χ2n) is 5.72. The number of nitrogens with zero attached hydrogens (tertiary/aromatic N) is 1. The number of aromatic amines is 1. The van der Waals surface area contributed by atoms with Crippen molar-refractivity contribution >= 4 is 16.7 Å². The van der Waals surface area contributed by atoms with Crippen LogP contribution < -0.4 is 15.6 Å². The first-order valence-electron chi connectivity index (χ1n) is 8.10. The van der Waals surface area contributed by atoms with Gasteiger partial charge in [0.15, 0.2) is 5.69 Å². The van der Waals surface area contributed by atoms with Gasteiger partial charge in [-0.05, 0) is 37.1 Å². The van der Waals surface area contributed by atoms with Gasteiger partial charge in [0, 0.05) is 11.9 Å². The van der Waals surface area contributed by atoms with Crippen LogP contribution in [0.2, 0.25) is 0 Å². The predicted octanol–water partition coefficient (Wildman–Crippen LogP) is 2.43. The van der Waals surface area contributed by atoms with Crippen molar-refractivity contribution in [3.63, 3.8) is 0 Å². The zero-order valence-electron chi connectivity index (χ0n) is 13.9. The van der Waals surface area contributed by atoms with Gasteiger partial charge in [-0.2, -0.15) is 5.10 Å². The maximum atomic E-state index is 12.3. The number of carbonyl (C=O) groups excluding carboxylic acids is 1. The van der Waals surface area contributed by atoms with Gasteiger partial charge in [0.2, 0.25) is 0 Å². The van der Waals surface area contributed by atoms with Crippen LogP contribution in [0.1, 0.15) is 22.5 Å². The first kappa shape index (κ1) is 16.7. The molecular weight excluding hydrogens is 318 g/mol. The van der Waals surface area contributed by atoms with Crippen molar-refractivity contribution in [2.45, 2.75) is 13.3 Å². The summed E-state index contributed by atoms with van der Waals surface area (Å²) in [5.74, 6) is 0.502. The highest BCUT2D eigenvalue weighted by Crippen LogP contribution is 2.13. The molecule has 6 nitrogen and oxygen atoms in total. The van der Waals surface area contributed by atoms with Crippen molar-refractivity contribution < 1.29 is 9.53 Å². The number of aromatic nitrogens is 2. The Morgan fingerprint density at radius 3 is 2.76 bits per heavy atom. The van der Waals surface area contributed by atoms with Gasteiger partial charge in [-0.25, -0.2) is 5.10 Å². The molecule has 0 radical (unpaired) electrons. The number of H-pyrrole nitrogens is 1. The van der Waals surface area contributed by atoms with E-state index < -0.39 is 0 Å². The van der Waals surface area contributed by atoms with Crippen molar-refractivity contribution in [3.8, 4) is 5.75 Å². The van der Waals surface area contributed by atoms with Crippen LogP contribution in [0.4, 0.5) is 0 Å². The lowest BCUT2D eigenvalue weighted by molar-refractivity contribution is 0.0947. The molecule has 1 amide bonds. The maximum absolute atomic E-state index is 12.3. The number of rotatable bonds is 6. The Morgan fingerprint density at radius 1 is 1.16 bits per heavy atom. The van der Waals surface area contributed by atoms with Crippen molar-refractivity contribution in [2.24, 2.45) is 0 Å². The molecule has 0 fully saturated rings. The van der Waals surface area contributed by atoms with Crippen LogP contribution in [0, 0.1) is 6.92 Å². The Bertz CT molecular complexity index is 950. The lowest BCUT2D eigenvalue weighted by Gasteiger charge is -2.08. The zero-order chi connectivity index (χ0) is 17.6. The van der Waals surface area contributed by atoms with Crippen molar-refractivity contribution in [2.75, 3.05) is 13.2 Å². The summed E-state index contributed by atoms with van der Waals surface area (Å²) in [4.78, 5) is 24.1. The third kappa shape index (κ3) is 4.03. The Hall–Kier alpha value is -3.15. The van der Waals surface area contributed by atoms with Crippen LogP contribution in [0.5, 0.6) is 5.75 Å². The normalized spacial score (nSPS) is 10.6. The van der Waals surface area contributed by atoms with E-state index in [1.807, 2.05) is 31.2 Å². The lowest BCUT2D eigenvalue weighted by atomic mass is 10.1. The van der Waals surface area contributed by atoms with E-state index in [1.165, 1.54) is 0 Å². The molecule has 1 aromatic heterocycles. The SMILES string of the molecule is Cc1cccc(OCCCNC(=O)c2n[nH]c(=O)c3ccccc23)c1. The number of nitrogens with one attached hydrogen (secondary N) is 2. The third-order valence-corrected chi connectivity index (χ3v) is 3.78. The topological polar surface area (TPSA) is 84.1 Å². The molecule has 0 aliphatic rings. The number of hydrogen-bond donors (Lipinski definition) is 2. The van der Waals surface area contributed by atoms with Crippen LogP contribution in [-0.2, 0) is 0 Å². The minimum absolute atomic E-state index is 0.217.